The third-order valence-corrected chi connectivity index (χ3v) is 1.67. The lowest BCUT2D eigenvalue weighted by molar-refractivity contribution is 0.0500. The molecule has 2 atom stereocenters. The van der Waals surface area contributed by atoms with E-state index in [-0.39, 0.29) is 12.1 Å². The van der Waals surface area contributed by atoms with Crippen molar-refractivity contribution in [2.75, 3.05) is 0 Å². The lowest BCUT2D eigenvalue weighted by atomic mass is 9.94. The maximum Gasteiger partial charge on any atom is 0.0944 e. The Bertz CT molecular complexity index is 66.9. The van der Waals surface area contributed by atoms with Crippen LogP contribution in [0, 0.1) is 0 Å². The van der Waals surface area contributed by atoms with Gasteiger partial charge in [0.1, 0.15) is 0 Å². The summed E-state index contributed by atoms with van der Waals surface area (Å²) in [6.07, 6.45) is 3.26. The summed E-state index contributed by atoms with van der Waals surface area (Å²) in [6, 6.07) is 0.200. The smallest absolute Gasteiger partial charge is 0.0944 e. The molecule has 1 aliphatic carbocycles. The van der Waals surface area contributed by atoms with Crippen LogP contribution in [0.1, 0.15) is 25.7 Å². The van der Waals surface area contributed by atoms with Crippen molar-refractivity contribution in [1.82, 2.24) is 0 Å². The lowest BCUT2D eigenvalue weighted by Gasteiger charge is -2.20. The maximum atomic E-state index is 10.7. The molecule has 0 amide bonds. The molecule has 0 aliphatic heterocycles. The molecule has 0 heterocycles. The molecule has 0 aromatic rings. The fourth-order valence-electron chi connectivity index (χ4n) is 1.18. The zero-order valence-corrected chi connectivity index (χ0v) is 4.97. The first-order valence-corrected chi connectivity index (χ1v) is 3.20. The highest BCUT2D eigenvalue weighted by Crippen LogP contribution is 2.16. The van der Waals surface area contributed by atoms with E-state index in [1.165, 1.54) is 0 Å². The van der Waals surface area contributed by atoms with E-state index in [1.54, 1.807) is 0 Å². The van der Waals surface area contributed by atoms with Gasteiger partial charge < -0.3 is 5.73 Å². The highest BCUT2D eigenvalue weighted by Gasteiger charge is 2.17. The standard InChI is InChI=1S/C6H12NO/c7-5-2-1-3-6(8)4-5/h5-6H,1-4,7H2. The normalized spacial score (nSPS) is 39.8. The van der Waals surface area contributed by atoms with E-state index >= 15 is 0 Å². The molecule has 1 rings (SSSR count). The van der Waals surface area contributed by atoms with Crippen molar-refractivity contribution < 1.29 is 5.11 Å². The van der Waals surface area contributed by atoms with E-state index in [4.69, 9.17) is 5.73 Å². The summed E-state index contributed by atoms with van der Waals surface area (Å²) < 4.78 is 0. The fraction of sp³-hybridized carbons (Fsp3) is 1.00. The molecule has 2 N–H and O–H groups in total. The number of rotatable bonds is 0. The highest BCUT2D eigenvalue weighted by molar-refractivity contribution is 4.73. The molecule has 8 heavy (non-hydrogen) atoms. The number of nitrogens with two attached hydrogens (primary N) is 1. The molecule has 1 saturated carbocycles. The van der Waals surface area contributed by atoms with Crippen molar-refractivity contribution in [2.24, 2.45) is 5.73 Å². The molecule has 1 radical (unpaired) electrons. The summed E-state index contributed by atoms with van der Waals surface area (Å²) in [5, 5.41) is 10.7. The second-order valence-corrected chi connectivity index (χ2v) is 2.55. The van der Waals surface area contributed by atoms with Crippen LogP contribution in [0.5, 0.6) is 0 Å². The minimum absolute atomic E-state index is 0.200. The Morgan fingerprint density at radius 3 is 2.50 bits per heavy atom. The van der Waals surface area contributed by atoms with Gasteiger partial charge in [-0.05, 0) is 25.7 Å². The summed E-state index contributed by atoms with van der Waals surface area (Å²) in [6.45, 7) is 0. The third kappa shape index (κ3) is 1.46. The van der Waals surface area contributed by atoms with Gasteiger partial charge in [-0.15, -0.1) is 0 Å². The molecular formula is C6H12NO. The van der Waals surface area contributed by atoms with Crippen LogP contribution in [-0.4, -0.2) is 12.1 Å². The molecule has 0 aromatic carbocycles. The Hall–Kier alpha value is -0.0800. The molecule has 47 valence electrons. The van der Waals surface area contributed by atoms with Crippen molar-refractivity contribution in [2.45, 2.75) is 37.8 Å². The predicted molar refractivity (Wildman–Crippen MR) is 30.9 cm³/mol. The van der Waals surface area contributed by atoms with Crippen LogP contribution >= 0.6 is 0 Å². The summed E-state index contributed by atoms with van der Waals surface area (Å²) in [7, 11) is 0. The average Bonchev–Trinajstić information content (AvgIpc) is 1.64. The molecule has 0 spiro atoms. The molecule has 1 aliphatic rings. The molecule has 2 nitrogen and oxygen atoms in total. The third-order valence-electron chi connectivity index (χ3n) is 1.67. The van der Waals surface area contributed by atoms with Gasteiger partial charge in [-0.2, -0.15) is 0 Å². The van der Waals surface area contributed by atoms with Gasteiger partial charge in [0, 0.05) is 6.04 Å². The fourth-order valence-corrected chi connectivity index (χ4v) is 1.18. The van der Waals surface area contributed by atoms with Crippen molar-refractivity contribution in [1.29, 1.82) is 0 Å². The minimum atomic E-state index is -0.362. The topological polar surface area (TPSA) is 45.9 Å². The van der Waals surface area contributed by atoms with Crippen molar-refractivity contribution in [3.05, 3.63) is 0 Å². The van der Waals surface area contributed by atoms with Gasteiger partial charge >= 0.3 is 0 Å². The van der Waals surface area contributed by atoms with Crippen LogP contribution in [0.3, 0.4) is 0 Å². The maximum absolute atomic E-state index is 10.7. The molecule has 1 fully saturated rings. The van der Waals surface area contributed by atoms with Crippen LogP contribution in [0.25, 0.3) is 0 Å². The van der Waals surface area contributed by atoms with Gasteiger partial charge in [0.15, 0.2) is 0 Å². The molecule has 2 heteroatoms. The van der Waals surface area contributed by atoms with E-state index in [0.29, 0.717) is 6.42 Å². The molecule has 0 bridgehead atoms. The van der Waals surface area contributed by atoms with Crippen LogP contribution in [0.4, 0.5) is 0 Å². The Labute approximate surface area is 49.7 Å². The van der Waals surface area contributed by atoms with Crippen molar-refractivity contribution >= 4 is 0 Å². The van der Waals surface area contributed by atoms with E-state index < -0.39 is 0 Å². The Kier molecular flexibility index (Phi) is 1.86. The van der Waals surface area contributed by atoms with Crippen LogP contribution in [0.15, 0.2) is 0 Å². The van der Waals surface area contributed by atoms with Gasteiger partial charge in [-0.25, -0.2) is 5.11 Å². The predicted octanol–water partition coefficient (Wildman–Crippen LogP) is 0.687. The first-order valence-electron chi connectivity index (χ1n) is 3.20. The monoisotopic (exact) mass is 114 g/mol. The van der Waals surface area contributed by atoms with E-state index in [0.717, 1.165) is 19.3 Å². The van der Waals surface area contributed by atoms with E-state index in [9.17, 15) is 5.11 Å². The molecular weight excluding hydrogens is 102 g/mol. The summed E-state index contributed by atoms with van der Waals surface area (Å²) >= 11 is 0. The summed E-state index contributed by atoms with van der Waals surface area (Å²) in [5.41, 5.74) is 5.53. The molecule has 2 unspecified atom stereocenters. The van der Waals surface area contributed by atoms with Gasteiger partial charge in [-0.1, -0.05) is 0 Å². The van der Waals surface area contributed by atoms with Crippen molar-refractivity contribution in [3.8, 4) is 0 Å². The van der Waals surface area contributed by atoms with Gasteiger partial charge in [0.25, 0.3) is 0 Å². The quantitative estimate of drug-likeness (QED) is 0.494. The Balaban J connectivity index is 2.23. The minimum Gasteiger partial charge on any atom is -0.328 e. The van der Waals surface area contributed by atoms with Crippen molar-refractivity contribution in [3.63, 3.8) is 0 Å². The first-order chi connectivity index (χ1) is 3.79. The lowest BCUT2D eigenvalue weighted by Crippen LogP contribution is -2.29. The van der Waals surface area contributed by atoms with Crippen LogP contribution in [0.2, 0.25) is 0 Å². The Morgan fingerprint density at radius 2 is 2.12 bits per heavy atom. The largest absolute Gasteiger partial charge is 0.328 e. The zero-order valence-electron chi connectivity index (χ0n) is 4.97. The second-order valence-electron chi connectivity index (χ2n) is 2.55. The Morgan fingerprint density at radius 1 is 1.38 bits per heavy atom. The van der Waals surface area contributed by atoms with Gasteiger partial charge in [-0.3, -0.25) is 0 Å². The molecule has 0 saturated heterocycles. The number of hydrogen-bond donors (Lipinski definition) is 1. The molecule has 0 aromatic heterocycles. The van der Waals surface area contributed by atoms with Gasteiger partial charge in [0.2, 0.25) is 0 Å². The van der Waals surface area contributed by atoms with E-state index in [1.807, 2.05) is 0 Å². The first kappa shape index (κ1) is 6.05. The average molecular weight is 114 g/mol. The zero-order chi connectivity index (χ0) is 5.98. The van der Waals surface area contributed by atoms with Crippen LogP contribution < -0.4 is 5.73 Å². The van der Waals surface area contributed by atoms with Gasteiger partial charge in [0.05, 0.1) is 6.10 Å². The summed E-state index contributed by atoms with van der Waals surface area (Å²) in [4.78, 5) is 0. The number of hydrogen-bond acceptors (Lipinski definition) is 1. The highest BCUT2D eigenvalue weighted by atomic mass is 16.3. The SMILES string of the molecule is NC1CCCC([O])C1. The summed E-state index contributed by atoms with van der Waals surface area (Å²) in [5.74, 6) is 0. The van der Waals surface area contributed by atoms with E-state index in [2.05, 4.69) is 0 Å². The van der Waals surface area contributed by atoms with Crippen LogP contribution in [-0.2, 0) is 5.11 Å². The second kappa shape index (κ2) is 2.46.